The summed E-state index contributed by atoms with van der Waals surface area (Å²) in [4.78, 5) is 4.75. The maximum absolute atomic E-state index is 4.75. The molecule has 18 heavy (non-hydrogen) atoms. The smallest absolute Gasteiger partial charge is 0.110 e. The molecule has 1 aromatic heterocycles. The van der Waals surface area contributed by atoms with Crippen LogP contribution >= 0.6 is 11.3 Å². The van der Waals surface area contributed by atoms with E-state index >= 15 is 0 Å². The molecule has 0 bridgehead atoms. The van der Waals surface area contributed by atoms with Crippen LogP contribution in [0, 0.1) is 18.8 Å². The van der Waals surface area contributed by atoms with Gasteiger partial charge in [0.2, 0.25) is 0 Å². The summed E-state index contributed by atoms with van der Waals surface area (Å²) in [5, 5.41) is 7.39. The van der Waals surface area contributed by atoms with Gasteiger partial charge in [0.05, 0.1) is 6.04 Å². The molecule has 2 nitrogen and oxygen atoms in total. The lowest BCUT2D eigenvalue weighted by atomic mass is 9.78. The number of aromatic nitrogens is 1. The van der Waals surface area contributed by atoms with Crippen molar-refractivity contribution in [2.75, 3.05) is 0 Å². The molecule has 0 aromatic carbocycles. The Bertz CT molecular complexity index is 397. The number of rotatable bonds is 4. The quantitative estimate of drug-likeness (QED) is 0.886. The molecule has 0 amide bonds. The van der Waals surface area contributed by atoms with Crippen LogP contribution < -0.4 is 5.32 Å². The van der Waals surface area contributed by atoms with Crippen LogP contribution in [-0.2, 0) is 0 Å². The monoisotopic (exact) mass is 264 g/mol. The molecular formula is C15H24N2S. The van der Waals surface area contributed by atoms with Crippen molar-refractivity contribution in [3.8, 4) is 0 Å². The van der Waals surface area contributed by atoms with Gasteiger partial charge in [-0.25, -0.2) is 4.98 Å². The number of nitrogens with zero attached hydrogens (tertiary/aromatic N) is 1. The molecule has 1 N–H and O–H groups in total. The van der Waals surface area contributed by atoms with Crippen LogP contribution in [0.2, 0.25) is 0 Å². The van der Waals surface area contributed by atoms with Crippen LogP contribution in [0.1, 0.15) is 62.2 Å². The predicted octanol–water partition coefficient (Wildman–Crippen LogP) is 4.07. The van der Waals surface area contributed by atoms with Crippen molar-refractivity contribution in [3.05, 3.63) is 16.1 Å². The first kappa shape index (κ1) is 12.6. The Hall–Kier alpha value is -0.410. The molecule has 3 rings (SSSR count). The fourth-order valence-electron chi connectivity index (χ4n) is 3.21. The maximum Gasteiger partial charge on any atom is 0.110 e. The highest BCUT2D eigenvalue weighted by molar-refractivity contribution is 7.09. The molecule has 2 saturated carbocycles. The van der Waals surface area contributed by atoms with E-state index in [2.05, 4.69) is 24.5 Å². The zero-order chi connectivity index (χ0) is 12.5. The normalized spacial score (nSPS) is 30.3. The van der Waals surface area contributed by atoms with E-state index in [4.69, 9.17) is 4.98 Å². The molecule has 2 aliphatic rings. The van der Waals surface area contributed by atoms with Gasteiger partial charge in [0.25, 0.3) is 0 Å². The first-order valence-electron chi connectivity index (χ1n) is 7.40. The highest BCUT2D eigenvalue weighted by Gasteiger charge is 2.33. The fraction of sp³-hybridized carbons (Fsp3) is 0.800. The Kier molecular flexibility index (Phi) is 3.71. The van der Waals surface area contributed by atoms with Gasteiger partial charge in [-0.05, 0) is 44.4 Å². The first-order valence-corrected chi connectivity index (χ1v) is 8.28. The second-order valence-corrected chi connectivity index (χ2v) is 7.17. The van der Waals surface area contributed by atoms with Gasteiger partial charge in [-0.3, -0.25) is 0 Å². The number of nitrogens with one attached hydrogen (secondary N) is 1. The summed E-state index contributed by atoms with van der Waals surface area (Å²) in [6.45, 7) is 4.52. The molecule has 3 heteroatoms. The highest BCUT2D eigenvalue weighted by Crippen LogP contribution is 2.39. The molecule has 0 aliphatic heterocycles. The summed E-state index contributed by atoms with van der Waals surface area (Å²) in [6.07, 6.45) is 8.31. The van der Waals surface area contributed by atoms with Gasteiger partial charge in [0.15, 0.2) is 0 Å². The Balaban J connectivity index is 1.75. The summed E-state index contributed by atoms with van der Waals surface area (Å²) in [7, 11) is 0. The van der Waals surface area contributed by atoms with Crippen LogP contribution in [-0.4, -0.2) is 11.0 Å². The summed E-state index contributed by atoms with van der Waals surface area (Å²) in [6, 6.07) is 1.30. The summed E-state index contributed by atoms with van der Waals surface area (Å²) in [5.74, 6) is 1.70. The molecule has 3 unspecified atom stereocenters. The predicted molar refractivity (Wildman–Crippen MR) is 76.9 cm³/mol. The lowest BCUT2D eigenvalue weighted by molar-refractivity contribution is 0.222. The molecule has 100 valence electrons. The van der Waals surface area contributed by atoms with Gasteiger partial charge in [0, 0.05) is 17.1 Å². The van der Waals surface area contributed by atoms with E-state index < -0.39 is 0 Å². The minimum atomic E-state index is 0.527. The molecule has 0 radical (unpaired) electrons. The average Bonchev–Trinajstić information content (AvgIpc) is 3.07. The topological polar surface area (TPSA) is 24.9 Å². The van der Waals surface area contributed by atoms with E-state index in [1.807, 2.05) is 11.3 Å². The highest BCUT2D eigenvalue weighted by atomic mass is 32.1. The van der Waals surface area contributed by atoms with Gasteiger partial charge >= 0.3 is 0 Å². The lowest BCUT2D eigenvalue weighted by Crippen LogP contribution is -2.32. The number of hydrogen-bond acceptors (Lipinski definition) is 3. The van der Waals surface area contributed by atoms with Crippen LogP contribution in [0.4, 0.5) is 0 Å². The van der Waals surface area contributed by atoms with Crippen LogP contribution in [0.25, 0.3) is 0 Å². The summed E-state index contributed by atoms with van der Waals surface area (Å²) < 4.78 is 0. The van der Waals surface area contributed by atoms with Crippen molar-refractivity contribution in [2.45, 2.75) is 64.5 Å². The SMILES string of the molecule is Cc1csc(C(NC2CC2)C2CCCC(C)C2)n1. The van der Waals surface area contributed by atoms with Crippen molar-refractivity contribution < 1.29 is 0 Å². The standard InChI is InChI=1S/C15H24N2S/c1-10-4-3-5-12(8-10)14(17-13-6-7-13)15-16-11(2)9-18-15/h9-10,12-14,17H,3-8H2,1-2H3. The Morgan fingerprint density at radius 2 is 2.17 bits per heavy atom. The minimum Gasteiger partial charge on any atom is -0.305 e. The van der Waals surface area contributed by atoms with E-state index in [0.29, 0.717) is 6.04 Å². The van der Waals surface area contributed by atoms with E-state index in [9.17, 15) is 0 Å². The molecule has 3 atom stereocenters. The molecule has 2 fully saturated rings. The maximum atomic E-state index is 4.75. The van der Waals surface area contributed by atoms with E-state index in [1.54, 1.807) is 0 Å². The van der Waals surface area contributed by atoms with E-state index in [0.717, 1.165) is 17.9 Å². The van der Waals surface area contributed by atoms with E-state index in [1.165, 1.54) is 49.2 Å². The minimum absolute atomic E-state index is 0.527. The van der Waals surface area contributed by atoms with E-state index in [-0.39, 0.29) is 0 Å². The number of hydrogen-bond donors (Lipinski definition) is 1. The van der Waals surface area contributed by atoms with Gasteiger partial charge in [0.1, 0.15) is 5.01 Å². The zero-order valence-electron chi connectivity index (χ0n) is 11.5. The molecule has 2 aliphatic carbocycles. The number of thiazole rings is 1. The van der Waals surface area contributed by atoms with Crippen LogP contribution in [0.5, 0.6) is 0 Å². The van der Waals surface area contributed by atoms with Crippen molar-refractivity contribution in [1.29, 1.82) is 0 Å². The molecule has 1 heterocycles. The van der Waals surface area contributed by atoms with Crippen molar-refractivity contribution in [2.24, 2.45) is 11.8 Å². The molecular weight excluding hydrogens is 240 g/mol. The second-order valence-electron chi connectivity index (χ2n) is 6.28. The Labute approximate surface area is 114 Å². The van der Waals surface area contributed by atoms with Crippen molar-refractivity contribution in [1.82, 2.24) is 10.3 Å². The zero-order valence-corrected chi connectivity index (χ0v) is 12.3. The largest absolute Gasteiger partial charge is 0.305 e. The summed E-state index contributed by atoms with van der Waals surface area (Å²) in [5.41, 5.74) is 1.18. The Morgan fingerprint density at radius 1 is 1.33 bits per heavy atom. The van der Waals surface area contributed by atoms with Crippen molar-refractivity contribution >= 4 is 11.3 Å². The van der Waals surface area contributed by atoms with Gasteiger partial charge in [-0.1, -0.05) is 19.8 Å². The van der Waals surface area contributed by atoms with Crippen molar-refractivity contribution in [3.63, 3.8) is 0 Å². The third kappa shape index (κ3) is 2.94. The van der Waals surface area contributed by atoms with Gasteiger partial charge < -0.3 is 5.32 Å². The van der Waals surface area contributed by atoms with Crippen LogP contribution in [0.3, 0.4) is 0 Å². The van der Waals surface area contributed by atoms with Crippen LogP contribution in [0.15, 0.2) is 5.38 Å². The molecule has 0 saturated heterocycles. The third-order valence-electron chi connectivity index (χ3n) is 4.34. The lowest BCUT2D eigenvalue weighted by Gasteiger charge is -2.33. The fourth-order valence-corrected chi connectivity index (χ4v) is 4.16. The van der Waals surface area contributed by atoms with Gasteiger partial charge in [-0.2, -0.15) is 0 Å². The molecule has 1 aromatic rings. The third-order valence-corrected chi connectivity index (χ3v) is 5.39. The van der Waals surface area contributed by atoms with Gasteiger partial charge in [-0.15, -0.1) is 11.3 Å². The average molecular weight is 264 g/mol. The Morgan fingerprint density at radius 3 is 2.78 bits per heavy atom. The first-order chi connectivity index (χ1) is 8.72. The number of aryl methyl sites for hydroxylation is 1. The summed E-state index contributed by atoms with van der Waals surface area (Å²) >= 11 is 1.85. The second kappa shape index (κ2) is 5.30. The molecule has 0 spiro atoms.